The summed E-state index contributed by atoms with van der Waals surface area (Å²) in [4.78, 5) is 8.00. The standard InChI is InChI=1S/C6H15N.CH2O/c1-5(2)6(3)7-4;1-2/h5-7H,1-4H3;1H2. The molecule has 9 heavy (non-hydrogen) atoms. The molecule has 56 valence electrons. The molecule has 0 spiro atoms. The Hall–Kier alpha value is -0.370. The number of rotatable bonds is 2. The van der Waals surface area contributed by atoms with Crippen molar-refractivity contribution < 1.29 is 4.79 Å². The van der Waals surface area contributed by atoms with E-state index in [9.17, 15) is 0 Å². The number of nitrogens with one attached hydrogen (secondary N) is 1. The highest BCUT2D eigenvalue weighted by atomic mass is 16.1. The maximum Gasteiger partial charge on any atom is 0.106 e. The molecule has 0 rings (SSSR count). The Morgan fingerprint density at radius 1 is 1.22 bits per heavy atom. The lowest BCUT2D eigenvalue weighted by atomic mass is 10.1. The molecule has 0 heterocycles. The number of carbonyl (C=O) groups is 1. The molecule has 0 aliphatic rings. The molecule has 0 aromatic rings. The van der Waals surface area contributed by atoms with Crippen molar-refractivity contribution in [1.29, 1.82) is 0 Å². The first-order valence-electron chi connectivity index (χ1n) is 3.14. The van der Waals surface area contributed by atoms with Gasteiger partial charge in [0, 0.05) is 6.04 Å². The Bertz CT molecular complexity index is 54.9. The maximum atomic E-state index is 8.00. The van der Waals surface area contributed by atoms with Gasteiger partial charge in [0.1, 0.15) is 6.79 Å². The largest absolute Gasteiger partial charge is 0.317 e. The van der Waals surface area contributed by atoms with Crippen LogP contribution in [0.5, 0.6) is 0 Å². The van der Waals surface area contributed by atoms with Crippen LogP contribution in [-0.4, -0.2) is 19.9 Å². The Kier molecular flexibility index (Phi) is 9.69. The Morgan fingerprint density at radius 2 is 1.56 bits per heavy atom. The summed E-state index contributed by atoms with van der Waals surface area (Å²) in [6, 6.07) is 0.653. The summed E-state index contributed by atoms with van der Waals surface area (Å²) < 4.78 is 0. The van der Waals surface area contributed by atoms with Gasteiger partial charge in [-0.2, -0.15) is 0 Å². The second-order valence-corrected chi connectivity index (χ2v) is 2.32. The lowest BCUT2D eigenvalue weighted by Crippen LogP contribution is -2.26. The van der Waals surface area contributed by atoms with Gasteiger partial charge in [0.15, 0.2) is 0 Å². The molecule has 0 fully saturated rings. The molecule has 0 radical (unpaired) electrons. The van der Waals surface area contributed by atoms with Gasteiger partial charge >= 0.3 is 0 Å². The van der Waals surface area contributed by atoms with Crippen molar-refractivity contribution in [1.82, 2.24) is 5.32 Å². The Balaban J connectivity index is 0. The molecule has 0 aliphatic carbocycles. The second kappa shape index (κ2) is 7.63. The van der Waals surface area contributed by atoms with E-state index in [0.717, 1.165) is 5.92 Å². The van der Waals surface area contributed by atoms with Gasteiger partial charge in [-0.25, -0.2) is 0 Å². The van der Waals surface area contributed by atoms with Crippen LogP contribution in [0.25, 0.3) is 0 Å². The van der Waals surface area contributed by atoms with Crippen LogP contribution in [0.15, 0.2) is 0 Å². The first kappa shape index (κ1) is 11.4. The summed E-state index contributed by atoms with van der Waals surface area (Å²) in [6.45, 7) is 8.60. The first-order valence-corrected chi connectivity index (χ1v) is 3.14. The van der Waals surface area contributed by atoms with Gasteiger partial charge in [0.25, 0.3) is 0 Å². The molecule has 0 aromatic carbocycles. The van der Waals surface area contributed by atoms with E-state index in [1.54, 1.807) is 0 Å². The minimum Gasteiger partial charge on any atom is -0.317 e. The minimum absolute atomic E-state index is 0.653. The first-order chi connectivity index (χ1) is 4.18. The summed E-state index contributed by atoms with van der Waals surface area (Å²) in [7, 11) is 1.99. The number of hydrogen-bond acceptors (Lipinski definition) is 2. The molecule has 1 N–H and O–H groups in total. The van der Waals surface area contributed by atoms with Gasteiger partial charge in [-0.15, -0.1) is 0 Å². The number of carbonyl (C=O) groups excluding carboxylic acids is 1. The third-order valence-corrected chi connectivity index (χ3v) is 1.46. The second-order valence-electron chi connectivity index (χ2n) is 2.32. The normalized spacial score (nSPS) is 12.1. The molecule has 0 aromatic heterocycles. The quantitative estimate of drug-likeness (QED) is 0.607. The van der Waals surface area contributed by atoms with E-state index >= 15 is 0 Å². The molecule has 0 saturated heterocycles. The molecule has 0 aliphatic heterocycles. The van der Waals surface area contributed by atoms with Crippen LogP contribution in [0.2, 0.25) is 0 Å². The zero-order chi connectivity index (χ0) is 7.86. The predicted octanol–water partition coefficient (Wildman–Crippen LogP) is 1.07. The molecule has 1 unspecified atom stereocenters. The van der Waals surface area contributed by atoms with E-state index in [4.69, 9.17) is 4.79 Å². The molecule has 0 saturated carbocycles. The van der Waals surface area contributed by atoms with Crippen molar-refractivity contribution in [3.63, 3.8) is 0 Å². The van der Waals surface area contributed by atoms with E-state index in [-0.39, 0.29) is 0 Å². The maximum absolute atomic E-state index is 8.00. The third-order valence-electron chi connectivity index (χ3n) is 1.46. The molecule has 2 nitrogen and oxygen atoms in total. The van der Waals surface area contributed by atoms with Crippen LogP contribution in [-0.2, 0) is 4.79 Å². The summed E-state index contributed by atoms with van der Waals surface area (Å²) in [6.07, 6.45) is 0. The van der Waals surface area contributed by atoms with Gasteiger partial charge < -0.3 is 10.1 Å². The zero-order valence-corrected chi connectivity index (χ0v) is 6.77. The van der Waals surface area contributed by atoms with Crippen LogP contribution in [0.3, 0.4) is 0 Å². The SMILES string of the molecule is C=O.CNC(C)C(C)C. The fourth-order valence-electron chi connectivity index (χ4n) is 0.333. The smallest absolute Gasteiger partial charge is 0.106 e. The van der Waals surface area contributed by atoms with E-state index in [1.165, 1.54) is 0 Å². The summed E-state index contributed by atoms with van der Waals surface area (Å²) in [5.74, 6) is 0.755. The monoisotopic (exact) mass is 131 g/mol. The highest BCUT2D eigenvalue weighted by Crippen LogP contribution is 1.96. The average molecular weight is 131 g/mol. The van der Waals surface area contributed by atoms with E-state index in [2.05, 4.69) is 26.1 Å². The van der Waals surface area contributed by atoms with Crippen molar-refractivity contribution in [2.45, 2.75) is 26.8 Å². The average Bonchev–Trinajstić information content (AvgIpc) is 1.91. The zero-order valence-electron chi connectivity index (χ0n) is 6.77. The van der Waals surface area contributed by atoms with Crippen molar-refractivity contribution >= 4 is 6.79 Å². The van der Waals surface area contributed by atoms with Crippen LogP contribution >= 0.6 is 0 Å². The van der Waals surface area contributed by atoms with Crippen LogP contribution in [0.4, 0.5) is 0 Å². The summed E-state index contributed by atoms with van der Waals surface area (Å²) >= 11 is 0. The van der Waals surface area contributed by atoms with Crippen LogP contribution in [0, 0.1) is 5.92 Å². The Labute approximate surface area is 57.6 Å². The summed E-state index contributed by atoms with van der Waals surface area (Å²) in [5, 5.41) is 3.16. The minimum atomic E-state index is 0.653. The molecule has 0 bridgehead atoms. The topological polar surface area (TPSA) is 29.1 Å². The van der Waals surface area contributed by atoms with Crippen molar-refractivity contribution in [3.8, 4) is 0 Å². The molecule has 2 heteroatoms. The highest BCUT2D eigenvalue weighted by Gasteiger charge is 2.00. The van der Waals surface area contributed by atoms with Gasteiger partial charge in [-0.1, -0.05) is 13.8 Å². The van der Waals surface area contributed by atoms with Gasteiger partial charge in [0.05, 0.1) is 0 Å². The van der Waals surface area contributed by atoms with Gasteiger partial charge in [-0.05, 0) is 19.9 Å². The molecular weight excluding hydrogens is 114 g/mol. The lowest BCUT2D eigenvalue weighted by molar-refractivity contribution is -0.0979. The fraction of sp³-hybridized carbons (Fsp3) is 0.857. The predicted molar refractivity (Wildman–Crippen MR) is 40.5 cm³/mol. The van der Waals surface area contributed by atoms with E-state index in [0.29, 0.717) is 6.04 Å². The Morgan fingerprint density at radius 3 is 1.56 bits per heavy atom. The van der Waals surface area contributed by atoms with Crippen molar-refractivity contribution in [2.75, 3.05) is 7.05 Å². The lowest BCUT2D eigenvalue weighted by Gasteiger charge is -2.12. The van der Waals surface area contributed by atoms with Crippen LogP contribution < -0.4 is 5.32 Å². The van der Waals surface area contributed by atoms with Crippen molar-refractivity contribution in [2.24, 2.45) is 5.92 Å². The van der Waals surface area contributed by atoms with E-state index < -0.39 is 0 Å². The van der Waals surface area contributed by atoms with Gasteiger partial charge in [-0.3, -0.25) is 0 Å². The molecule has 0 amide bonds. The fourth-order valence-corrected chi connectivity index (χ4v) is 0.333. The summed E-state index contributed by atoms with van der Waals surface area (Å²) in [5.41, 5.74) is 0. The van der Waals surface area contributed by atoms with Crippen molar-refractivity contribution in [3.05, 3.63) is 0 Å². The van der Waals surface area contributed by atoms with Crippen LogP contribution in [0.1, 0.15) is 20.8 Å². The molecule has 1 atom stereocenters. The third kappa shape index (κ3) is 7.63. The van der Waals surface area contributed by atoms with Gasteiger partial charge in [0.2, 0.25) is 0 Å². The molecular formula is C7H17NO. The van der Waals surface area contributed by atoms with E-state index in [1.807, 2.05) is 13.8 Å². The highest BCUT2D eigenvalue weighted by molar-refractivity contribution is 5.10. The number of hydrogen-bond donors (Lipinski definition) is 1.